The van der Waals surface area contributed by atoms with Crippen LogP contribution >= 0.6 is 7.60 Å². The lowest BCUT2D eigenvalue weighted by Crippen LogP contribution is -2.24. The molecule has 1 unspecified atom stereocenters. The Labute approximate surface area is 127 Å². The molecule has 8 heteroatoms. The number of carbonyl (C=O) groups excluding carboxylic acids is 1. The van der Waals surface area contributed by atoms with Gasteiger partial charge in [0.1, 0.15) is 12.4 Å². The van der Waals surface area contributed by atoms with Crippen LogP contribution < -0.4 is 4.52 Å². The Morgan fingerprint density at radius 2 is 2.00 bits per heavy atom. The van der Waals surface area contributed by atoms with Crippen molar-refractivity contribution in [3.8, 4) is 5.75 Å². The van der Waals surface area contributed by atoms with Crippen LogP contribution in [0.5, 0.6) is 5.75 Å². The topological polar surface area (TPSA) is 89.0 Å². The molecule has 0 fully saturated rings. The number of nitrogens with zero attached hydrogens (tertiary/aromatic N) is 2. The summed E-state index contributed by atoms with van der Waals surface area (Å²) in [5.41, 5.74) is 0.829. The highest BCUT2D eigenvalue weighted by Gasteiger charge is 2.25. The number of hydroxylamine groups is 2. The first-order valence-corrected chi connectivity index (χ1v) is 8.15. The molecule has 22 heavy (non-hydrogen) atoms. The van der Waals surface area contributed by atoms with Crippen LogP contribution in [0.1, 0.15) is 5.56 Å². The fourth-order valence-electron chi connectivity index (χ4n) is 1.61. The molecule has 1 aromatic heterocycles. The van der Waals surface area contributed by atoms with E-state index in [4.69, 9.17) is 9.36 Å². The lowest BCUT2D eigenvalue weighted by Gasteiger charge is -2.20. The van der Waals surface area contributed by atoms with Crippen LogP contribution in [0.15, 0.2) is 54.9 Å². The molecule has 1 amide bonds. The van der Waals surface area contributed by atoms with Crippen molar-refractivity contribution < 1.29 is 23.6 Å². The molecule has 7 nitrogen and oxygen atoms in total. The second kappa shape index (κ2) is 7.70. The van der Waals surface area contributed by atoms with E-state index in [1.54, 1.807) is 6.07 Å². The summed E-state index contributed by atoms with van der Waals surface area (Å²) in [7, 11) is -4.08. The molecule has 1 N–H and O–H groups in total. The molecule has 2 aromatic rings. The molecule has 0 aliphatic carbocycles. The van der Waals surface area contributed by atoms with Gasteiger partial charge in [-0.3, -0.25) is 14.6 Å². The summed E-state index contributed by atoms with van der Waals surface area (Å²) in [5.74, 6) is 0.141. The zero-order valence-electron chi connectivity index (χ0n) is 11.6. The Balaban J connectivity index is 1.91. The van der Waals surface area contributed by atoms with Crippen molar-refractivity contribution in [3.63, 3.8) is 0 Å². The van der Waals surface area contributed by atoms with Crippen LogP contribution in [-0.4, -0.2) is 27.6 Å². The van der Waals surface area contributed by atoms with Gasteiger partial charge in [0, 0.05) is 6.20 Å². The molecule has 0 radical (unpaired) electrons. The third-order valence-electron chi connectivity index (χ3n) is 2.56. The lowest BCUT2D eigenvalue weighted by molar-refractivity contribution is -0.172. The molecule has 0 spiro atoms. The van der Waals surface area contributed by atoms with E-state index in [0.717, 1.165) is 10.6 Å². The van der Waals surface area contributed by atoms with Crippen molar-refractivity contribution in [1.29, 1.82) is 0 Å². The molecular weight excluding hydrogens is 307 g/mol. The Bertz CT molecular complexity index is 638. The fraction of sp³-hybridized carbons (Fsp3) is 0.143. The van der Waals surface area contributed by atoms with Crippen LogP contribution in [0.3, 0.4) is 0 Å². The zero-order valence-corrected chi connectivity index (χ0v) is 12.5. The van der Waals surface area contributed by atoms with E-state index in [1.807, 2.05) is 30.3 Å². The number of aromatic nitrogens is 1. The van der Waals surface area contributed by atoms with Crippen molar-refractivity contribution in [2.24, 2.45) is 0 Å². The van der Waals surface area contributed by atoms with Gasteiger partial charge < -0.3 is 9.42 Å². The molecule has 0 bridgehead atoms. The minimum atomic E-state index is -4.08. The summed E-state index contributed by atoms with van der Waals surface area (Å²) >= 11 is 0. The lowest BCUT2D eigenvalue weighted by atomic mass is 10.2. The van der Waals surface area contributed by atoms with Crippen molar-refractivity contribution in [2.45, 2.75) is 6.61 Å². The van der Waals surface area contributed by atoms with Gasteiger partial charge in [-0.2, -0.15) is 0 Å². The van der Waals surface area contributed by atoms with Crippen molar-refractivity contribution in [2.75, 3.05) is 6.29 Å². The smallest absolute Gasteiger partial charge is 0.398 e. The van der Waals surface area contributed by atoms with Gasteiger partial charge in [0.25, 0.3) is 0 Å². The molecule has 1 atom stereocenters. The van der Waals surface area contributed by atoms with E-state index in [-0.39, 0.29) is 12.4 Å². The predicted octanol–water partition coefficient (Wildman–Crippen LogP) is 2.19. The minimum absolute atomic E-state index is 0.104. The first-order chi connectivity index (χ1) is 10.6. The van der Waals surface area contributed by atoms with Crippen LogP contribution in [0.2, 0.25) is 0 Å². The van der Waals surface area contributed by atoms with Gasteiger partial charge in [-0.1, -0.05) is 30.3 Å². The van der Waals surface area contributed by atoms with Crippen LogP contribution in [0.4, 0.5) is 0 Å². The van der Waals surface area contributed by atoms with Crippen molar-refractivity contribution >= 4 is 14.0 Å². The zero-order chi connectivity index (χ0) is 15.8. The number of amides is 1. The van der Waals surface area contributed by atoms with Crippen LogP contribution in [-0.2, 0) is 20.8 Å². The highest BCUT2D eigenvalue weighted by Crippen LogP contribution is 2.42. The van der Waals surface area contributed by atoms with E-state index in [9.17, 15) is 14.3 Å². The summed E-state index contributed by atoms with van der Waals surface area (Å²) in [4.78, 5) is 29.7. The Morgan fingerprint density at radius 1 is 1.23 bits per heavy atom. The molecule has 0 aliphatic rings. The molecule has 0 aliphatic heterocycles. The van der Waals surface area contributed by atoms with Gasteiger partial charge in [-0.15, -0.1) is 0 Å². The number of benzene rings is 1. The average Bonchev–Trinajstić information content (AvgIpc) is 2.53. The molecule has 0 saturated carbocycles. The van der Waals surface area contributed by atoms with Crippen molar-refractivity contribution in [3.05, 3.63) is 60.4 Å². The Hall–Kier alpha value is -2.21. The third kappa shape index (κ3) is 5.29. The number of rotatable bonds is 8. The largest absolute Gasteiger partial charge is 0.422 e. The predicted molar refractivity (Wildman–Crippen MR) is 78.7 cm³/mol. The quantitative estimate of drug-likeness (QED) is 0.455. The number of hydrogen-bond donors (Lipinski definition) is 1. The maximum atomic E-state index is 12.0. The van der Waals surface area contributed by atoms with Gasteiger partial charge in [-0.05, 0) is 17.7 Å². The molecule has 116 valence electrons. The monoisotopic (exact) mass is 322 g/mol. The first-order valence-electron chi connectivity index (χ1n) is 6.39. The number of carbonyl (C=O) groups is 1. The molecule has 2 rings (SSSR count). The highest BCUT2D eigenvalue weighted by atomic mass is 31.2. The molecule has 1 aromatic carbocycles. The van der Waals surface area contributed by atoms with Gasteiger partial charge in [0.2, 0.25) is 6.41 Å². The molecular formula is C14H15N2O5P. The van der Waals surface area contributed by atoms with E-state index in [0.29, 0.717) is 6.41 Å². The normalized spacial score (nSPS) is 13.1. The van der Waals surface area contributed by atoms with Gasteiger partial charge >= 0.3 is 7.60 Å². The average molecular weight is 322 g/mol. The van der Waals surface area contributed by atoms with Gasteiger partial charge in [0.15, 0.2) is 6.29 Å². The Morgan fingerprint density at radius 3 is 2.64 bits per heavy atom. The summed E-state index contributed by atoms with van der Waals surface area (Å²) in [5, 5.41) is 0.740. The number of hydrogen-bond acceptors (Lipinski definition) is 5. The maximum absolute atomic E-state index is 12.0. The standard InChI is InChI=1S/C14H15N2O5P/c17-11-16(20-10-13-5-2-1-3-6-13)12-22(18,19)21-14-7-4-8-15-9-14/h1-9,11H,10,12H2,(H,18,19). The van der Waals surface area contributed by atoms with E-state index in [1.165, 1.54) is 18.5 Å². The van der Waals surface area contributed by atoms with Crippen LogP contribution in [0, 0.1) is 0 Å². The molecule has 0 saturated heterocycles. The summed E-state index contributed by atoms with van der Waals surface area (Å²) in [6.45, 7) is 0.104. The minimum Gasteiger partial charge on any atom is -0.422 e. The molecule has 1 heterocycles. The maximum Gasteiger partial charge on any atom is 0.398 e. The highest BCUT2D eigenvalue weighted by molar-refractivity contribution is 7.53. The third-order valence-corrected chi connectivity index (χ3v) is 3.69. The Kier molecular flexibility index (Phi) is 5.66. The number of pyridine rings is 1. The fourth-order valence-corrected chi connectivity index (χ4v) is 2.60. The van der Waals surface area contributed by atoms with E-state index >= 15 is 0 Å². The SMILES string of the molecule is O=CN(CP(=O)(O)Oc1cccnc1)OCc1ccccc1. The summed E-state index contributed by atoms with van der Waals surface area (Å²) in [6.07, 6.45) is 2.56. The van der Waals surface area contributed by atoms with E-state index < -0.39 is 13.9 Å². The second-order valence-electron chi connectivity index (χ2n) is 4.34. The van der Waals surface area contributed by atoms with Crippen molar-refractivity contribution in [1.82, 2.24) is 10.0 Å². The first kappa shape index (κ1) is 16.2. The van der Waals surface area contributed by atoms with Gasteiger partial charge in [0.05, 0.1) is 6.20 Å². The second-order valence-corrected chi connectivity index (χ2v) is 6.08. The van der Waals surface area contributed by atoms with Crippen LogP contribution in [0.25, 0.3) is 0 Å². The van der Waals surface area contributed by atoms with E-state index in [2.05, 4.69) is 4.98 Å². The summed E-state index contributed by atoms with van der Waals surface area (Å²) in [6, 6.07) is 12.2. The van der Waals surface area contributed by atoms with Gasteiger partial charge in [-0.25, -0.2) is 9.63 Å². The summed E-state index contributed by atoms with van der Waals surface area (Å²) < 4.78 is 16.9.